The zero-order valence-electron chi connectivity index (χ0n) is 15.9. The van der Waals surface area contributed by atoms with Gasteiger partial charge in [-0.1, -0.05) is 6.92 Å². The number of nitro groups is 1. The van der Waals surface area contributed by atoms with Crippen molar-refractivity contribution in [1.82, 2.24) is 14.6 Å². The highest BCUT2D eigenvalue weighted by molar-refractivity contribution is 6.20. The van der Waals surface area contributed by atoms with Gasteiger partial charge in [0.2, 0.25) is 5.82 Å². The van der Waals surface area contributed by atoms with E-state index in [1.54, 1.807) is 6.92 Å². The first kappa shape index (κ1) is 20.6. The molecule has 1 N–H and O–H groups in total. The molecule has 0 radical (unpaired) electrons. The maximum Gasteiger partial charge on any atom is 0.330 e. The first-order valence-electron chi connectivity index (χ1n) is 9.21. The van der Waals surface area contributed by atoms with E-state index in [1.807, 2.05) is 4.98 Å². The highest BCUT2D eigenvalue weighted by atomic mass is 19.1. The molecule has 2 aliphatic rings. The van der Waals surface area contributed by atoms with Crippen LogP contribution in [0, 0.1) is 15.9 Å². The summed E-state index contributed by atoms with van der Waals surface area (Å²) < 4.78 is 20.2. The van der Waals surface area contributed by atoms with Gasteiger partial charge in [-0.25, -0.2) is 4.79 Å². The number of aromatic amines is 1. The number of nitro benzene ring substituents is 1. The van der Waals surface area contributed by atoms with Crippen molar-refractivity contribution >= 4 is 17.5 Å². The molecular weight excluding hydrogens is 419 g/mol. The van der Waals surface area contributed by atoms with Crippen molar-refractivity contribution in [3.8, 4) is 0 Å². The molecule has 13 heteroatoms. The molecule has 1 saturated heterocycles. The van der Waals surface area contributed by atoms with Gasteiger partial charge in [0.05, 0.1) is 28.4 Å². The minimum atomic E-state index is -1.18. The third-order valence-corrected chi connectivity index (χ3v) is 5.10. The highest BCUT2D eigenvalue weighted by Crippen LogP contribution is 2.34. The van der Waals surface area contributed by atoms with Gasteiger partial charge >= 0.3 is 5.69 Å². The van der Waals surface area contributed by atoms with Crippen LogP contribution in [0.4, 0.5) is 10.1 Å². The van der Waals surface area contributed by atoms with Crippen LogP contribution in [-0.2, 0) is 9.57 Å². The van der Waals surface area contributed by atoms with Gasteiger partial charge < -0.3 is 4.74 Å². The van der Waals surface area contributed by atoms with Crippen LogP contribution < -0.4 is 11.2 Å². The van der Waals surface area contributed by atoms with Gasteiger partial charge in [0.15, 0.2) is 0 Å². The maximum absolute atomic E-state index is 13.6. The number of hydrogen-bond donors (Lipinski definition) is 1. The number of H-pyrrole nitrogens is 1. The first-order valence-corrected chi connectivity index (χ1v) is 9.21. The normalized spacial score (nSPS) is 22.8. The number of hydroxylamine groups is 2. The molecule has 1 unspecified atom stereocenters. The highest BCUT2D eigenvalue weighted by Gasteiger charge is 2.44. The van der Waals surface area contributed by atoms with Crippen LogP contribution >= 0.6 is 0 Å². The standard InChI is InChI=1S/C18H15FN4O8/c1-2-12-13(6-14(30-12)21-7-11(19)15(24)20-18(21)27)31-22-16(25)9-4-3-8(23(28)29)5-10(9)17(22)26/h3-5,7,12-14H,2,6H2,1H3,(H,20,24,27)/t12-,13?,14-/m1/s1. The number of aromatic nitrogens is 2. The smallest absolute Gasteiger partial charge is 0.330 e. The number of nitrogens with one attached hydrogen (secondary N) is 1. The van der Waals surface area contributed by atoms with Crippen molar-refractivity contribution in [2.75, 3.05) is 0 Å². The number of hydrogen-bond acceptors (Lipinski definition) is 8. The Labute approximate surface area is 171 Å². The van der Waals surface area contributed by atoms with Gasteiger partial charge in [-0.05, 0) is 12.5 Å². The number of halogens is 1. The molecule has 2 amide bonds. The van der Waals surface area contributed by atoms with Gasteiger partial charge in [0.25, 0.3) is 23.1 Å². The van der Waals surface area contributed by atoms with E-state index in [1.165, 1.54) is 6.07 Å². The fraction of sp³-hybridized carbons (Fsp3) is 0.333. The Morgan fingerprint density at radius 1 is 1.26 bits per heavy atom. The average Bonchev–Trinajstić information content (AvgIpc) is 3.25. The summed E-state index contributed by atoms with van der Waals surface area (Å²) in [6.07, 6.45) is -1.49. The molecule has 0 spiro atoms. The largest absolute Gasteiger partial charge is 0.352 e. The van der Waals surface area contributed by atoms with E-state index in [4.69, 9.17) is 9.57 Å². The van der Waals surface area contributed by atoms with Crippen LogP contribution in [0.5, 0.6) is 0 Å². The number of non-ortho nitro benzene ring substituents is 1. The Hall–Kier alpha value is -3.71. The van der Waals surface area contributed by atoms with Gasteiger partial charge in [-0.15, -0.1) is 5.06 Å². The van der Waals surface area contributed by atoms with Crippen molar-refractivity contribution in [2.24, 2.45) is 0 Å². The van der Waals surface area contributed by atoms with E-state index >= 15 is 0 Å². The number of carbonyl (C=O) groups excluding carboxylic acids is 2. The lowest BCUT2D eigenvalue weighted by molar-refractivity contribution is -0.384. The minimum Gasteiger partial charge on any atom is -0.352 e. The van der Waals surface area contributed by atoms with Crippen LogP contribution in [0.2, 0.25) is 0 Å². The Morgan fingerprint density at radius 3 is 2.65 bits per heavy atom. The minimum absolute atomic E-state index is 0.0303. The summed E-state index contributed by atoms with van der Waals surface area (Å²) in [6, 6.07) is 3.27. The molecule has 0 saturated carbocycles. The lowest BCUT2D eigenvalue weighted by Gasteiger charge is -2.21. The monoisotopic (exact) mass is 434 g/mol. The third-order valence-electron chi connectivity index (χ3n) is 5.10. The average molecular weight is 434 g/mol. The van der Waals surface area contributed by atoms with E-state index in [2.05, 4.69) is 0 Å². The molecule has 2 aliphatic heterocycles. The second kappa shape index (κ2) is 7.52. The summed E-state index contributed by atoms with van der Waals surface area (Å²) in [7, 11) is 0. The van der Waals surface area contributed by atoms with Crippen molar-refractivity contribution in [2.45, 2.75) is 38.2 Å². The molecule has 1 aromatic carbocycles. The van der Waals surface area contributed by atoms with Crippen LogP contribution in [0.25, 0.3) is 0 Å². The number of imide groups is 1. The molecule has 3 atom stereocenters. The number of carbonyl (C=O) groups is 2. The predicted octanol–water partition coefficient (Wildman–Crippen LogP) is 0.878. The molecule has 1 aromatic heterocycles. The molecule has 4 rings (SSSR count). The van der Waals surface area contributed by atoms with E-state index in [9.17, 15) is 33.7 Å². The number of fused-ring (bicyclic) bond motifs is 1. The van der Waals surface area contributed by atoms with Crippen molar-refractivity contribution in [1.29, 1.82) is 0 Å². The lowest BCUT2D eigenvalue weighted by atomic mass is 10.1. The van der Waals surface area contributed by atoms with E-state index in [0.717, 1.165) is 16.7 Å². The zero-order valence-corrected chi connectivity index (χ0v) is 15.9. The molecular formula is C18H15FN4O8. The summed E-state index contributed by atoms with van der Waals surface area (Å²) in [5.41, 5.74) is -2.62. The number of nitrogens with zero attached hydrogens (tertiary/aromatic N) is 3. The van der Waals surface area contributed by atoms with Gasteiger partial charge in [0.1, 0.15) is 12.3 Å². The molecule has 1 fully saturated rings. The lowest BCUT2D eigenvalue weighted by Crippen LogP contribution is -2.37. The summed E-state index contributed by atoms with van der Waals surface area (Å²) >= 11 is 0. The predicted molar refractivity (Wildman–Crippen MR) is 98.6 cm³/mol. The van der Waals surface area contributed by atoms with Crippen molar-refractivity contribution in [3.63, 3.8) is 0 Å². The Balaban J connectivity index is 1.58. The topological polar surface area (TPSA) is 154 Å². The van der Waals surface area contributed by atoms with Gasteiger partial charge in [-0.3, -0.25) is 38.9 Å². The number of rotatable bonds is 5. The number of benzene rings is 1. The second-order valence-corrected chi connectivity index (χ2v) is 6.95. The molecule has 31 heavy (non-hydrogen) atoms. The summed E-state index contributed by atoms with van der Waals surface area (Å²) in [4.78, 5) is 66.1. The number of ether oxygens (including phenoxy) is 1. The Morgan fingerprint density at radius 2 is 1.97 bits per heavy atom. The van der Waals surface area contributed by atoms with Crippen LogP contribution in [0.15, 0.2) is 34.0 Å². The molecule has 0 bridgehead atoms. The first-order chi connectivity index (χ1) is 14.7. The molecule has 0 aliphatic carbocycles. The second-order valence-electron chi connectivity index (χ2n) is 6.95. The fourth-order valence-electron chi connectivity index (χ4n) is 3.57. The Kier molecular flexibility index (Phi) is 4.99. The van der Waals surface area contributed by atoms with Crippen LogP contribution in [-0.4, -0.2) is 43.6 Å². The van der Waals surface area contributed by atoms with Gasteiger partial charge in [0, 0.05) is 18.6 Å². The van der Waals surface area contributed by atoms with E-state index in [0.29, 0.717) is 17.7 Å². The maximum atomic E-state index is 13.6. The zero-order chi connectivity index (χ0) is 22.4. The molecule has 162 valence electrons. The molecule has 3 heterocycles. The number of amides is 2. The van der Waals surface area contributed by atoms with Crippen molar-refractivity contribution < 1.29 is 28.5 Å². The van der Waals surface area contributed by atoms with Crippen molar-refractivity contribution in [3.05, 3.63) is 72.3 Å². The quantitative estimate of drug-likeness (QED) is 0.413. The van der Waals surface area contributed by atoms with E-state index in [-0.39, 0.29) is 23.2 Å². The summed E-state index contributed by atoms with van der Waals surface area (Å²) in [5.74, 6) is -2.84. The third kappa shape index (κ3) is 3.43. The van der Waals surface area contributed by atoms with Gasteiger partial charge in [-0.2, -0.15) is 4.39 Å². The van der Waals surface area contributed by atoms with Crippen LogP contribution in [0.1, 0.15) is 46.7 Å². The summed E-state index contributed by atoms with van der Waals surface area (Å²) in [5, 5.41) is 11.4. The van der Waals surface area contributed by atoms with E-state index < -0.39 is 52.2 Å². The molecule has 2 aromatic rings. The summed E-state index contributed by atoms with van der Waals surface area (Å²) in [6.45, 7) is 1.74. The Bertz CT molecular complexity index is 1220. The SMILES string of the molecule is CC[C@H]1O[C@@H](n2cc(F)c(=O)[nH]c2=O)CC1ON1C(=O)c2ccc([N+](=O)[O-])cc2C1=O. The fourth-order valence-corrected chi connectivity index (χ4v) is 3.57. The van der Waals surface area contributed by atoms with Crippen LogP contribution in [0.3, 0.4) is 0 Å². The molecule has 12 nitrogen and oxygen atoms in total.